The molecule has 19 heavy (non-hydrogen) atoms. The van der Waals surface area contributed by atoms with E-state index in [0.717, 1.165) is 24.8 Å². The van der Waals surface area contributed by atoms with Crippen molar-refractivity contribution in [3.63, 3.8) is 0 Å². The molecule has 1 amide bonds. The Bertz CT molecular complexity index is 377. The van der Waals surface area contributed by atoms with Crippen LogP contribution in [0.2, 0.25) is 0 Å². The van der Waals surface area contributed by atoms with Crippen molar-refractivity contribution in [2.45, 2.75) is 53.9 Å². The van der Waals surface area contributed by atoms with Crippen molar-refractivity contribution in [3.05, 3.63) is 23.2 Å². The van der Waals surface area contributed by atoms with Crippen LogP contribution >= 0.6 is 0 Å². The highest BCUT2D eigenvalue weighted by Crippen LogP contribution is 2.07. The van der Waals surface area contributed by atoms with Crippen LogP contribution in [-0.4, -0.2) is 12.1 Å². The van der Waals surface area contributed by atoms with Crippen LogP contribution in [0.25, 0.3) is 0 Å². The maximum Gasteiger partial charge on any atom is 0.275 e. The Kier molecular flexibility index (Phi) is 8.58. The van der Waals surface area contributed by atoms with E-state index >= 15 is 0 Å². The summed E-state index contributed by atoms with van der Waals surface area (Å²) in [5.41, 5.74) is 7.05. The van der Waals surface area contributed by atoms with Gasteiger partial charge in [0.25, 0.3) is 5.91 Å². The van der Waals surface area contributed by atoms with Crippen LogP contribution in [0.4, 0.5) is 0 Å². The quantitative estimate of drug-likeness (QED) is 0.548. The smallest absolute Gasteiger partial charge is 0.275 e. The third-order valence-corrected chi connectivity index (χ3v) is 2.70. The van der Waals surface area contributed by atoms with Crippen LogP contribution in [0.5, 0.6) is 0 Å². The number of nitrogens with zero attached hydrogens (tertiary/aromatic N) is 1. The first-order chi connectivity index (χ1) is 8.92. The Morgan fingerprint density at radius 2 is 2.00 bits per heavy atom. The lowest BCUT2D eigenvalue weighted by molar-refractivity contribution is -0.116. The van der Waals surface area contributed by atoms with Gasteiger partial charge in [-0.2, -0.15) is 0 Å². The number of allylic oxidation sites excluding steroid dienone is 2. The first-order valence-corrected chi connectivity index (χ1v) is 6.90. The molecule has 3 N–H and O–H groups in total. The first-order valence-electron chi connectivity index (χ1n) is 6.90. The minimum absolute atomic E-state index is 0.246. The molecule has 4 nitrogen and oxygen atoms in total. The molecule has 0 heterocycles. The lowest BCUT2D eigenvalue weighted by Crippen LogP contribution is -2.28. The number of carbonyl (C=O) groups is 1. The summed E-state index contributed by atoms with van der Waals surface area (Å²) < 4.78 is 0. The number of hydrogen-bond acceptors (Lipinski definition) is 3. The molecule has 0 aromatic carbocycles. The predicted octanol–water partition coefficient (Wildman–Crippen LogP) is 3.11. The van der Waals surface area contributed by atoms with Gasteiger partial charge < -0.3 is 11.1 Å². The fraction of sp³-hybridized carbons (Fsp3) is 0.600. The number of nitrogens with two attached hydrogens (primary N) is 1. The number of unbranched alkanes of at least 4 members (excludes halogenated alkanes) is 1. The maximum absolute atomic E-state index is 12.1. The number of carbonyl (C=O) groups excluding carboxylic acids is 1. The van der Waals surface area contributed by atoms with Gasteiger partial charge >= 0.3 is 0 Å². The van der Waals surface area contributed by atoms with E-state index in [1.807, 2.05) is 26.1 Å². The van der Waals surface area contributed by atoms with Gasteiger partial charge in [-0.3, -0.25) is 9.79 Å². The van der Waals surface area contributed by atoms with Crippen molar-refractivity contribution in [2.24, 2.45) is 16.6 Å². The summed E-state index contributed by atoms with van der Waals surface area (Å²) in [5.74, 6) is 0.504. The lowest BCUT2D eigenvalue weighted by Gasteiger charge is -2.08. The van der Waals surface area contributed by atoms with Gasteiger partial charge in [-0.1, -0.05) is 27.2 Å². The Balaban J connectivity index is 4.80. The number of amides is 1. The number of nitrogens with one attached hydrogen (secondary N) is 1. The van der Waals surface area contributed by atoms with Gasteiger partial charge in [-0.05, 0) is 44.3 Å². The molecule has 0 radical (unpaired) electrons. The van der Waals surface area contributed by atoms with Crippen LogP contribution in [0.1, 0.15) is 53.9 Å². The van der Waals surface area contributed by atoms with E-state index < -0.39 is 0 Å². The van der Waals surface area contributed by atoms with Crippen molar-refractivity contribution < 1.29 is 4.79 Å². The molecule has 0 aromatic rings. The summed E-state index contributed by atoms with van der Waals surface area (Å²) in [5, 5.41) is 2.67. The Labute approximate surface area is 116 Å². The summed E-state index contributed by atoms with van der Waals surface area (Å²) >= 11 is 0. The van der Waals surface area contributed by atoms with Gasteiger partial charge in [-0.25, -0.2) is 0 Å². The second-order valence-electron chi connectivity index (χ2n) is 4.91. The second-order valence-corrected chi connectivity index (χ2v) is 4.91. The molecular weight excluding hydrogens is 238 g/mol. The first kappa shape index (κ1) is 17.4. The minimum Gasteiger partial charge on any atom is -0.385 e. The van der Waals surface area contributed by atoms with E-state index in [1.54, 1.807) is 0 Å². The molecule has 0 bridgehead atoms. The van der Waals surface area contributed by atoms with Crippen LogP contribution < -0.4 is 11.1 Å². The molecule has 4 heteroatoms. The van der Waals surface area contributed by atoms with Gasteiger partial charge in [0.1, 0.15) is 5.70 Å². The number of rotatable bonds is 7. The molecule has 0 aromatic heterocycles. The topological polar surface area (TPSA) is 67.5 Å². The second kappa shape index (κ2) is 9.36. The molecule has 0 saturated heterocycles. The van der Waals surface area contributed by atoms with Gasteiger partial charge in [0.15, 0.2) is 0 Å². The third-order valence-electron chi connectivity index (χ3n) is 2.70. The molecule has 1 unspecified atom stereocenters. The highest BCUT2D eigenvalue weighted by Gasteiger charge is 2.10. The molecule has 0 spiro atoms. The fourth-order valence-electron chi connectivity index (χ4n) is 1.26. The van der Waals surface area contributed by atoms with E-state index in [2.05, 4.69) is 31.1 Å². The van der Waals surface area contributed by atoms with Crippen molar-refractivity contribution >= 4 is 12.1 Å². The minimum atomic E-state index is -0.246. The van der Waals surface area contributed by atoms with E-state index in [-0.39, 0.29) is 5.91 Å². The normalized spacial score (nSPS) is 13.4. The van der Waals surface area contributed by atoms with Crippen molar-refractivity contribution in [1.82, 2.24) is 5.32 Å². The van der Waals surface area contributed by atoms with E-state index in [9.17, 15) is 4.79 Å². The van der Waals surface area contributed by atoms with E-state index in [1.165, 1.54) is 0 Å². The van der Waals surface area contributed by atoms with E-state index in [0.29, 0.717) is 17.4 Å². The molecular formula is C15H27N3O. The zero-order chi connectivity index (χ0) is 14.8. The summed E-state index contributed by atoms with van der Waals surface area (Å²) in [6.45, 7) is 9.96. The van der Waals surface area contributed by atoms with Crippen LogP contribution in [-0.2, 0) is 4.79 Å². The summed E-state index contributed by atoms with van der Waals surface area (Å²) in [6.07, 6.45) is 6.48. The molecule has 1 atom stereocenters. The van der Waals surface area contributed by atoms with Gasteiger partial charge in [0.2, 0.25) is 0 Å². The molecule has 0 aliphatic carbocycles. The van der Waals surface area contributed by atoms with Crippen LogP contribution in [0, 0.1) is 5.92 Å². The Hall–Kier alpha value is -1.58. The summed E-state index contributed by atoms with van der Waals surface area (Å²) in [4.78, 5) is 16.3. The van der Waals surface area contributed by atoms with Gasteiger partial charge in [0.05, 0.1) is 5.82 Å². The fourth-order valence-corrected chi connectivity index (χ4v) is 1.26. The van der Waals surface area contributed by atoms with Gasteiger partial charge in [0, 0.05) is 6.21 Å². The average Bonchev–Trinajstić information content (AvgIpc) is 2.35. The van der Waals surface area contributed by atoms with Gasteiger partial charge in [-0.15, -0.1) is 0 Å². The molecule has 0 aliphatic rings. The Morgan fingerprint density at radius 1 is 1.37 bits per heavy atom. The lowest BCUT2D eigenvalue weighted by atomic mass is 10.1. The van der Waals surface area contributed by atoms with Crippen LogP contribution in [0.3, 0.4) is 0 Å². The third kappa shape index (κ3) is 7.44. The SMILES string of the molecule is CCC/C=C(\N)NC(=O)C(/N=C\C(C)CC)=C(C)C. The predicted molar refractivity (Wildman–Crippen MR) is 81.6 cm³/mol. The molecule has 0 fully saturated rings. The van der Waals surface area contributed by atoms with Crippen LogP contribution in [0.15, 0.2) is 28.2 Å². The van der Waals surface area contributed by atoms with Crippen molar-refractivity contribution in [3.8, 4) is 0 Å². The monoisotopic (exact) mass is 265 g/mol. The number of hydrogen-bond donors (Lipinski definition) is 2. The number of aliphatic imine (C=N–C) groups is 1. The molecule has 0 rings (SSSR count). The molecule has 0 saturated carbocycles. The molecule has 0 aliphatic heterocycles. The summed E-state index contributed by atoms with van der Waals surface area (Å²) in [6, 6.07) is 0. The van der Waals surface area contributed by atoms with Crippen molar-refractivity contribution in [1.29, 1.82) is 0 Å². The van der Waals surface area contributed by atoms with Crippen molar-refractivity contribution in [2.75, 3.05) is 0 Å². The standard InChI is InChI=1S/C15H27N3O/c1-6-8-9-13(16)18-15(19)14(11(3)4)17-10-12(5)7-2/h9-10,12H,6-8,16H2,1-5H3,(H,18,19)/b13-9+,17-10-. The zero-order valence-electron chi connectivity index (χ0n) is 12.8. The van der Waals surface area contributed by atoms with E-state index in [4.69, 9.17) is 5.73 Å². The Morgan fingerprint density at radius 3 is 2.47 bits per heavy atom. The maximum atomic E-state index is 12.1. The average molecular weight is 265 g/mol. The molecule has 108 valence electrons. The zero-order valence-corrected chi connectivity index (χ0v) is 12.8. The highest BCUT2D eigenvalue weighted by atomic mass is 16.2. The summed E-state index contributed by atoms with van der Waals surface area (Å²) in [7, 11) is 0. The largest absolute Gasteiger partial charge is 0.385 e. The highest BCUT2D eigenvalue weighted by molar-refractivity contribution is 5.96.